The number of aromatic nitrogens is 2. The molecule has 6 nitrogen and oxygen atoms in total. The Balaban J connectivity index is 1.42. The van der Waals surface area contributed by atoms with E-state index < -0.39 is 6.04 Å². The van der Waals surface area contributed by atoms with Gasteiger partial charge in [0.25, 0.3) is 0 Å². The highest BCUT2D eigenvalue weighted by atomic mass is 32.1. The van der Waals surface area contributed by atoms with E-state index in [1.807, 2.05) is 13.8 Å². The summed E-state index contributed by atoms with van der Waals surface area (Å²) in [6, 6.07) is -0.548. The van der Waals surface area contributed by atoms with Crippen LogP contribution in [0.3, 0.4) is 0 Å². The van der Waals surface area contributed by atoms with Gasteiger partial charge in [-0.15, -0.1) is 10.2 Å². The van der Waals surface area contributed by atoms with Gasteiger partial charge < -0.3 is 5.32 Å². The molecule has 0 spiro atoms. The lowest BCUT2D eigenvalue weighted by molar-refractivity contribution is -0.148. The molecule has 5 rings (SSSR count). The van der Waals surface area contributed by atoms with Gasteiger partial charge in [0.05, 0.1) is 0 Å². The summed E-state index contributed by atoms with van der Waals surface area (Å²) in [5.74, 6) is 2.54. The number of carbonyl (C=O) groups excluding carboxylic acids is 2. The van der Waals surface area contributed by atoms with Crippen LogP contribution in [0.15, 0.2) is 0 Å². The maximum absolute atomic E-state index is 13.4. The molecule has 4 aliphatic carbocycles. The molecule has 0 aliphatic heterocycles. The molecule has 1 aromatic heterocycles. The van der Waals surface area contributed by atoms with E-state index in [9.17, 15) is 9.59 Å². The molecule has 1 heterocycles. The van der Waals surface area contributed by atoms with Crippen LogP contribution in [0.5, 0.6) is 0 Å². The van der Waals surface area contributed by atoms with E-state index in [2.05, 4.69) is 34.7 Å². The number of anilines is 1. The summed E-state index contributed by atoms with van der Waals surface area (Å²) in [6.07, 6.45) is 7.78. The molecule has 4 saturated carbocycles. The highest BCUT2D eigenvalue weighted by Gasteiger charge is 2.55. The van der Waals surface area contributed by atoms with Crippen molar-refractivity contribution in [1.29, 1.82) is 0 Å². The third-order valence-corrected chi connectivity index (χ3v) is 7.90. The van der Waals surface area contributed by atoms with Gasteiger partial charge in [0.1, 0.15) is 11.0 Å². The Labute approximate surface area is 177 Å². The number of amides is 2. The highest BCUT2D eigenvalue weighted by Crippen LogP contribution is 2.60. The molecule has 1 aromatic rings. The van der Waals surface area contributed by atoms with Gasteiger partial charge in [-0.05, 0) is 68.1 Å². The second-order valence-corrected chi connectivity index (χ2v) is 11.5. The maximum Gasteiger partial charge on any atom is 0.249 e. The molecule has 0 saturated heterocycles. The van der Waals surface area contributed by atoms with E-state index >= 15 is 0 Å². The lowest BCUT2D eigenvalue weighted by Crippen LogP contribution is -2.57. The predicted molar refractivity (Wildman–Crippen MR) is 114 cm³/mol. The number of carbonyl (C=O) groups is 2. The van der Waals surface area contributed by atoms with Gasteiger partial charge in [0.15, 0.2) is 0 Å². The Bertz CT molecular complexity index is 737. The summed E-state index contributed by atoms with van der Waals surface area (Å²) >= 11 is 1.42. The van der Waals surface area contributed by atoms with Crippen LogP contribution in [0.4, 0.5) is 5.13 Å². The van der Waals surface area contributed by atoms with Crippen molar-refractivity contribution in [3.63, 3.8) is 0 Å². The zero-order chi connectivity index (χ0) is 20.8. The van der Waals surface area contributed by atoms with Crippen molar-refractivity contribution in [3.05, 3.63) is 5.01 Å². The zero-order valence-corrected chi connectivity index (χ0v) is 18.8. The van der Waals surface area contributed by atoms with Gasteiger partial charge in [0.2, 0.25) is 16.9 Å². The van der Waals surface area contributed by atoms with Crippen molar-refractivity contribution in [3.8, 4) is 0 Å². The summed E-state index contributed by atoms with van der Waals surface area (Å²) in [6.45, 7) is 8.23. The molecule has 0 radical (unpaired) electrons. The highest BCUT2D eigenvalue weighted by molar-refractivity contribution is 7.15. The molecule has 4 fully saturated rings. The zero-order valence-electron chi connectivity index (χ0n) is 18.0. The van der Waals surface area contributed by atoms with E-state index in [0.29, 0.717) is 28.8 Å². The molecule has 2 amide bonds. The lowest BCUT2D eigenvalue weighted by atomic mass is 9.49. The maximum atomic E-state index is 13.4. The van der Waals surface area contributed by atoms with Crippen molar-refractivity contribution in [2.75, 3.05) is 5.32 Å². The first-order valence-electron chi connectivity index (χ1n) is 11.2. The summed E-state index contributed by atoms with van der Waals surface area (Å²) in [7, 11) is 0. The van der Waals surface area contributed by atoms with Crippen LogP contribution < -0.4 is 10.6 Å². The molecule has 1 atom stereocenters. The quantitative estimate of drug-likeness (QED) is 0.700. The summed E-state index contributed by atoms with van der Waals surface area (Å²) in [5, 5.41) is 15.7. The first-order chi connectivity index (χ1) is 13.7. The van der Waals surface area contributed by atoms with Crippen molar-refractivity contribution in [1.82, 2.24) is 15.5 Å². The minimum Gasteiger partial charge on any atom is -0.344 e. The first-order valence-corrected chi connectivity index (χ1v) is 12.0. The van der Waals surface area contributed by atoms with Crippen molar-refractivity contribution < 1.29 is 9.59 Å². The molecule has 2 N–H and O–H groups in total. The number of hydrogen-bond donors (Lipinski definition) is 2. The fourth-order valence-electron chi connectivity index (χ4n) is 6.14. The molecular weight excluding hydrogens is 384 g/mol. The topological polar surface area (TPSA) is 84.0 Å². The second kappa shape index (κ2) is 7.97. The minimum atomic E-state index is -0.548. The van der Waals surface area contributed by atoms with Crippen LogP contribution in [-0.2, 0) is 16.0 Å². The first kappa shape index (κ1) is 20.8. The van der Waals surface area contributed by atoms with Gasteiger partial charge in [-0.25, -0.2) is 0 Å². The van der Waals surface area contributed by atoms with E-state index in [0.717, 1.165) is 30.7 Å². The molecule has 1 unspecified atom stereocenters. The smallest absolute Gasteiger partial charge is 0.249 e. The third-order valence-electron chi connectivity index (χ3n) is 7.04. The Hall–Kier alpha value is -1.50. The SMILES string of the molecule is CC(C)Cc1nnc(NC(=O)C(NC(=O)C23CC4CC(CC(C4)C2)C3)C(C)C)s1. The number of nitrogens with zero attached hydrogens (tertiary/aromatic N) is 2. The van der Waals surface area contributed by atoms with Crippen LogP contribution >= 0.6 is 11.3 Å². The molecule has 4 bridgehead atoms. The lowest BCUT2D eigenvalue weighted by Gasteiger charge is -2.55. The minimum absolute atomic E-state index is 0.0101. The summed E-state index contributed by atoms with van der Waals surface area (Å²) < 4.78 is 0. The van der Waals surface area contributed by atoms with Crippen LogP contribution in [0.1, 0.15) is 71.2 Å². The van der Waals surface area contributed by atoms with Crippen molar-refractivity contribution >= 4 is 28.3 Å². The van der Waals surface area contributed by atoms with Gasteiger partial charge in [0, 0.05) is 11.8 Å². The number of nitrogens with one attached hydrogen (secondary N) is 2. The summed E-state index contributed by atoms with van der Waals surface area (Å²) in [4.78, 5) is 26.3. The Kier molecular flexibility index (Phi) is 5.70. The fraction of sp³-hybridized carbons (Fsp3) is 0.818. The van der Waals surface area contributed by atoms with Crippen LogP contribution in [0, 0.1) is 35.0 Å². The molecular formula is C22H34N4O2S. The molecule has 160 valence electrons. The Morgan fingerprint density at radius 3 is 2.14 bits per heavy atom. The van der Waals surface area contributed by atoms with Crippen molar-refractivity contribution in [2.24, 2.45) is 35.0 Å². The Morgan fingerprint density at radius 1 is 1.03 bits per heavy atom. The molecule has 4 aliphatic rings. The molecule has 7 heteroatoms. The monoisotopic (exact) mass is 418 g/mol. The standard InChI is InChI=1S/C22H34N4O2S/c1-12(2)5-17-25-26-21(29-17)24-19(27)18(13(3)4)23-20(28)22-9-14-6-15(10-22)8-16(7-14)11-22/h12-16,18H,5-11H2,1-4H3,(H,23,28)(H,24,26,27). The fourth-order valence-corrected chi connectivity index (χ4v) is 7.09. The molecule has 0 aromatic carbocycles. The summed E-state index contributed by atoms with van der Waals surface area (Å²) in [5.41, 5.74) is -0.241. The van der Waals surface area contributed by atoms with Crippen LogP contribution in [0.2, 0.25) is 0 Å². The van der Waals surface area contributed by atoms with E-state index in [1.54, 1.807) is 0 Å². The van der Waals surface area contributed by atoms with E-state index in [4.69, 9.17) is 0 Å². The largest absolute Gasteiger partial charge is 0.344 e. The normalized spacial score (nSPS) is 31.3. The van der Waals surface area contributed by atoms with Crippen LogP contribution in [0.25, 0.3) is 0 Å². The van der Waals surface area contributed by atoms with E-state index in [1.165, 1.54) is 30.6 Å². The molecule has 29 heavy (non-hydrogen) atoms. The third kappa shape index (κ3) is 4.35. The predicted octanol–water partition coefficient (Wildman–Crippen LogP) is 4.03. The van der Waals surface area contributed by atoms with Gasteiger partial charge in [-0.3, -0.25) is 14.9 Å². The average molecular weight is 419 g/mol. The average Bonchev–Trinajstić information content (AvgIpc) is 3.03. The number of rotatable bonds is 7. The Morgan fingerprint density at radius 2 is 1.62 bits per heavy atom. The van der Waals surface area contributed by atoms with E-state index in [-0.39, 0.29) is 23.1 Å². The number of hydrogen-bond acceptors (Lipinski definition) is 5. The van der Waals surface area contributed by atoms with Crippen LogP contribution in [-0.4, -0.2) is 28.1 Å². The second-order valence-electron chi connectivity index (χ2n) is 10.5. The van der Waals surface area contributed by atoms with Gasteiger partial charge in [-0.1, -0.05) is 39.0 Å². The van der Waals surface area contributed by atoms with Crippen molar-refractivity contribution in [2.45, 2.75) is 78.7 Å². The van der Waals surface area contributed by atoms with Gasteiger partial charge >= 0.3 is 0 Å². The van der Waals surface area contributed by atoms with Gasteiger partial charge in [-0.2, -0.15) is 0 Å².